The van der Waals surface area contributed by atoms with Crippen LogP contribution in [-0.4, -0.2) is 52.3 Å². The molecule has 9 nitrogen and oxygen atoms in total. The average molecular weight is 541 g/mol. The lowest BCUT2D eigenvalue weighted by molar-refractivity contribution is 0.0961. The van der Waals surface area contributed by atoms with Crippen LogP contribution in [0.15, 0.2) is 54.6 Å². The molecule has 4 rings (SSSR count). The number of pyridine rings is 1. The fourth-order valence-electron chi connectivity index (χ4n) is 4.01. The maximum absolute atomic E-state index is 13.1. The predicted molar refractivity (Wildman–Crippen MR) is 151 cm³/mol. The van der Waals surface area contributed by atoms with E-state index in [9.17, 15) is 17.8 Å². The number of aromatic nitrogens is 1. The van der Waals surface area contributed by atoms with Crippen molar-refractivity contribution in [2.75, 3.05) is 43.0 Å². The zero-order valence-electron chi connectivity index (χ0n) is 21.2. The van der Waals surface area contributed by atoms with Gasteiger partial charge in [0.05, 0.1) is 53.3 Å². The van der Waals surface area contributed by atoms with E-state index in [1.165, 1.54) is 7.11 Å². The molecule has 4 aromatic rings. The van der Waals surface area contributed by atoms with Crippen molar-refractivity contribution in [1.29, 1.82) is 0 Å². The molecule has 0 aliphatic rings. The number of hydrogen-bond donors (Lipinski definition) is 3. The van der Waals surface area contributed by atoms with Crippen LogP contribution in [0, 0.1) is 6.92 Å². The summed E-state index contributed by atoms with van der Waals surface area (Å²) >= 11 is 0. The Kier molecular flexibility index (Phi) is 7.17. The van der Waals surface area contributed by atoms with Crippen molar-refractivity contribution >= 4 is 61.9 Å². The van der Waals surface area contributed by atoms with Crippen LogP contribution in [0.25, 0.3) is 21.8 Å². The molecule has 0 spiro atoms. The van der Waals surface area contributed by atoms with Gasteiger partial charge in [-0.05, 0) is 44.0 Å². The summed E-state index contributed by atoms with van der Waals surface area (Å²) in [7, 11) is -4.40. The quantitative estimate of drug-likeness (QED) is 0.209. The number of carbonyl (C=O) groups excluding carboxylic acids is 1. The molecule has 1 amide bonds. The van der Waals surface area contributed by atoms with E-state index >= 15 is 0 Å². The van der Waals surface area contributed by atoms with Crippen LogP contribution in [0.2, 0.25) is 0 Å². The van der Waals surface area contributed by atoms with Gasteiger partial charge in [0.25, 0.3) is 5.91 Å². The highest BCUT2D eigenvalue weighted by molar-refractivity contribution is 7.92. The van der Waals surface area contributed by atoms with Crippen molar-refractivity contribution in [2.24, 2.45) is 0 Å². The minimum Gasteiger partial charge on any atom is -0.494 e. The fourth-order valence-corrected chi connectivity index (χ4v) is 5.09. The molecule has 194 valence electrons. The average Bonchev–Trinajstić information content (AvgIpc) is 2.82. The summed E-state index contributed by atoms with van der Waals surface area (Å²) in [6, 6.07) is 16.1. The molecule has 0 saturated heterocycles. The van der Waals surface area contributed by atoms with Gasteiger partial charge in [0, 0.05) is 16.8 Å². The first kappa shape index (κ1) is 26.4. The topological polar surface area (TPSA) is 126 Å². The highest BCUT2D eigenvalue weighted by Crippen LogP contribution is 2.39. The molecule has 0 bridgehead atoms. The normalized spacial score (nSPS) is 11.9. The third-order valence-electron chi connectivity index (χ3n) is 5.67. The number of hydrogen-bond acceptors (Lipinski definition) is 7. The maximum Gasteiger partial charge on any atom is 0.253 e. The Morgan fingerprint density at radius 1 is 1.03 bits per heavy atom. The van der Waals surface area contributed by atoms with E-state index in [2.05, 4.69) is 15.4 Å². The van der Waals surface area contributed by atoms with Gasteiger partial charge < -0.3 is 19.9 Å². The van der Waals surface area contributed by atoms with Crippen molar-refractivity contribution in [3.63, 3.8) is 0 Å². The highest BCUT2D eigenvalue weighted by atomic mass is 32.2. The molecule has 0 aliphatic heterocycles. The van der Waals surface area contributed by atoms with Crippen molar-refractivity contribution < 1.29 is 22.5 Å². The molecular formula is C26H29N4O5PS. The summed E-state index contributed by atoms with van der Waals surface area (Å²) in [6.45, 7) is 5.19. The number of nitrogens with one attached hydrogen (secondary N) is 3. The SMILES string of the molecule is COc1cc(NS(C)(=O)=O)ccc1Nc1c2cccc(C)c2nc2c(C(=O)NCP(C)(C)=O)cccc12. The zero-order chi connectivity index (χ0) is 27.0. The number of aryl methyl sites for hydroxylation is 1. The van der Waals surface area contributed by atoms with Gasteiger partial charge in [0.2, 0.25) is 10.0 Å². The van der Waals surface area contributed by atoms with E-state index in [1.807, 2.05) is 31.2 Å². The van der Waals surface area contributed by atoms with Crippen molar-refractivity contribution in [1.82, 2.24) is 10.3 Å². The predicted octanol–water partition coefficient (Wildman–Crippen LogP) is 5.13. The second kappa shape index (κ2) is 10.0. The van der Waals surface area contributed by atoms with Gasteiger partial charge in [0.1, 0.15) is 12.9 Å². The van der Waals surface area contributed by atoms with Crippen molar-refractivity contribution in [2.45, 2.75) is 6.92 Å². The number of rotatable bonds is 8. The first-order chi connectivity index (χ1) is 17.4. The van der Waals surface area contributed by atoms with E-state index in [-0.39, 0.29) is 12.2 Å². The van der Waals surface area contributed by atoms with Gasteiger partial charge in [-0.15, -0.1) is 0 Å². The Balaban J connectivity index is 1.89. The third kappa shape index (κ3) is 6.03. The van der Waals surface area contributed by atoms with E-state index < -0.39 is 17.2 Å². The molecule has 0 saturated carbocycles. The largest absolute Gasteiger partial charge is 0.494 e. The molecule has 0 aliphatic carbocycles. The molecule has 11 heteroatoms. The number of para-hydroxylation sites is 2. The number of carbonyl (C=O) groups is 1. The number of methoxy groups -OCH3 is 1. The number of anilines is 3. The number of ether oxygens (including phenoxy) is 1. The monoisotopic (exact) mass is 540 g/mol. The van der Waals surface area contributed by atoms with Crippen LogP contribution in [0.1, 0.15) is 15.9 Å². The fraction of sp³-hybridized carbons (Fsp3) is 0.231. The minimum atomic E-state index is -3.45. The second-order valence-corrected chi connectivity index (χ2v) is 14.5. The molecule has 0 unspecified atom stereocenters. The van der Waals surface area contributed by atoms with Gasteiger partial charge in [-0.1, -0.05) is 30.3 Å². The van der Waals surface area contributed by atoms with Crippen LogP contribution in [-0.2, 0) is 14.6 Å². The maximum atomic E-state index is 13.1. The summed E-state index contributed by atoms with van der Waals surface area (Å²) in [5, 5.41) is 7.75. The number of nitrogens with zero attached hydrogens (tertiary/aromatic N) is 1. The Morgan fingerprint density at radius 3 is 2.35 bits per heavy atom. The zero-order valence-corrected chi connectivity index (χ0v) is 23.0. The lowest BCUT2D eigenvalue weighted by Gasteiger charge is -2.18. The molecule has 37 heavy (non-hydrogen) atoms. The van der Waals surface area contributed by atoms with Gasteiger partial charge in [0.15, 0.2) is 0 Å². The smallest absolute Gasteiger partial charge is 0.253 e. The summed E-state index contributed by atoms with van der Waals surface area (Å²) in [6.07, 6.45) is 1.17. The van der Waals surface area contributed by atoms with Gasteiger partial charge in [-0.25, -0.2) is 13.4 Å². The van der Waals surface area contributed by atoms with E-state index in [1.54, 1.807) is 43.7 Å². The Labute approximate surface area is 216 Å². The molecule has 1 aromatic heterocycles. The number of fused-ring (bicyclic) bond motifs is 2. The summed E-state index contributed by atoms with van der Waals surface area (Å²) in [5.41, 5.74) is 4.22. The molecule has 0 fully saturated rings. The summed E-state index contributed by atoms with van der Waals surface area (Å²) in [5.74, 6) is 0.0737. The highest BCUT2D eigenvalue weighted by Gasteiger charge is 2.19. The first-order valence-electron chi connectivity index (χ1n) is 11.4. The minimum absolute atomic E-state index is 0.0883. The Hall–Kier alpha value is -3.62. The van der Waals surface area contributed by atoms with E-state index in [0.717, 1.165) is 28.4 Å². The molecule has 1 heterocycles. The van der Waals surface area contributed by atoms with E-state index in [4.69, 9.17) is 9.72 Å². The summed E-state index contributed by atoms with van der Waals surface area (Å²) in [4.78, 5) is 17.9. The van der Waals surface area contributed by atoms with Crippen LogP contribution in [0.5, 0.6) is 5.75 Å². The first-order valence-corrected chi connectivity index (χ1v) is 16.1. The van der Waals surface area contributed by atoms with Crippen LogP contribution < -0.4 is 20.1 Å². The lowest BCUT2D eigenvalue weighted by Crippen LogP contribution is -2.24. The second-order valence-electron chi connectivity index (χ2n) is 9.31. The van der Waals surface area contributed by atoms with E-state index in [0.29, 0.717) is 33.6 Å². The molecular weight excluding hydrogens is 511 g/mol. The van der Waals surface area contributed by atoms with Gasteiger partial charge in [-0.3, -0.25) is 9.52 Å². The van der Waals surface area contributed by atoms with Crippen LogP contribution in [0.4, 0.5) is 17.1 Å². The molecule has 3 aromatic carbocycles. The van der Waals surface area contributed by atoms with Gasteiger partial charge >= 0.3 is 0 Å². The molecule has 0 radical (unpaired) electrons. The van der Waals surface area contributed by atoms with Crippen LogP contribution in [0.3, 0.4) is 0 Å². The Bertz CT molecular complexity index is 1680. The Morgan fingerprint density at radius 2 is 1.70 bits per heavy atom. The van der Waals surface area contributed by atoms with Crippen LogP contribution >= 0.6 is 7.14 Å². The third-order valence-corrected chi connectivity index (χ3v) is 7.19. The lowest BCUT2D eigenvalue weighted by atomic mass is 10.0. The number of amides is 1. The number of sulfonamides is 1. The number of benzene rings is 3. The van der Waals surface area contributed by atoms with Crippen molar-refractivity contribution in [3.05, 3.63) is 65.7 Å². The van der Waals surface area contributed by atoms with Gasteiger partial charge in [-0.2, -0.15) is 0 Å². The van der Waals surface area contributed by atoms with Crippen molar-refractivity contribution in [3.8, 4) is 5.75 Å². The standard InChI is InChI=1S/C26H29N4O5PS/c1-16-8-6-9-18-23(16)29-25-19(10-7-11-20(25)26(31)27-15-36(3,4)32)24(18)28-21-13-12-17(14-22(21)35-2)30-37(5,33)34/h6-14,30H,15H2,1-5H3,(H,27,31)(H,28,29). The summed E-state index contributed by atoms with van der Waals surface area (Å²) < 4.78 is 43.5. The molecule has 3 N–H and O–H groups in total. The molecule has 0 atom stereocenters.